The number of aromatic nitrogens is 3. The van der Waals surface area contributed by atoms with Gasteiger partial charge in [0.05, 0.1) is 11.4 Å². The Kier molecular flexibility index (Phi) is 5.72. The van der Waals surface area contributed by atoms with E-state index >= 15 is 0 Å². The summed E-state index contributed by atoms with van der Waals surface area (Å²) in [5.41, 5.74) is 8.54. The van der Waals surface area contributed by atoms with Gasteiger partial charge in [0.1, 0.15) is 0 Å². The first kappa shape index (κ1) is 20.1. The maximum atomic E-state index is 5.61. The molecule has 1 aliphatic rings. The highest BCUT2D eigenvalue weighted by atomic mass is 32.2. The largest absolute Gasteiger partial charge is 0.387 e. The number of fused-ring (bicyclic) bond motifs is 1. The predicted molar refractivity (Wildman–Crippen MR) is 128 cm³/mol. The van der Waals surface area contributed by atoms with Crippen molar-refractivity contribution in [2.45, 2.75) is 18.7 Å². The molecule has 6 nitrogen and oxygen atoms in total. The van der Waals surface area contributed by atoms with Crippen LogP contribution in [-0.4, -0.2) is 20.6 Å². The summed E-state index contributed by atoms with van der Waals surface area (Å²) in [6.45, 7) is 2.12. The van der Waals surface area contributed by atoms with E-state index in [0.29, 0.717) is 5.82 Å². The molecule has 0 spiro atoms. The predicted octanol–water partition coefficient (Wildman–Crippen LogP) is 5.39. The number of nitrogens with one attached hydrogen (secondary N) is 1. The monoisotopic (exact) mass is 439 g/mol. The highest BCUT2D eigenvalue weighted by Gasteiger charge is 2.25. The minimum Gasteiger partial charge on any atom is -0.387 e. The fraction of sp³-hybridized carbons (Fsp3) is 0.0800. The molecule has 1 N–H and O–H groups in total. The molecule has 0 bridgehead atoms. The maximum absolute atomic E-state index is 5.61. The fourth-order valence-electron chi connectivity index (χ4n) is 3.39. The van der Waals surface area contributed by atoms with Gasteiger partial charge in [-0.15, -0.1) is 10.2 Å². The lowest BCUT2D eigenvalue weighted by atomic mass is 10.1. The molecule has 158 valence electrons. The fourth-order valence-corrected chi connectivity index (χ4v) is 4.42. The van der Waals surface area contributed by atoms with Gasteiger partial charge in [-0.2, -0.15) is 0 Å². The molecule has 0 atom stereocenters. The average molecular weight is 440 g/mol. The minimum atomic E-state index is 0.202. The summed E-state index contributed by atoms with van der Waals surface area (Å²) in [6.07, 6.45) is 0. The van der Waals surface area contributed by atoms with Gasteiger partial charge < -0.3 is 4.84 Å². The molecule has 3 aromatic carbocycles. The van der Waals surface area contributed by atoms with Crippen LogP contribution in [0.15, 0.2) is 101 Å². The number of hydrogen-bond acceptors (Lipinski definition) is 6. The molecule has 0 unspecified atom stereocenters. The molecule has 0 amide bonds. The van der Waals surface area contributed by atoms with E-state index in [2.05, 4.69) is 45.0 Å². The van der Waals surface area contributed by atoms with Crippen molar-refractivity contribution in [1.82, 2.24) is 14.9 Å². The van der Waals surface area contributed by atoms with E-state index in [1.165, 1.54) is 0 Å². The second-order valence-corrected chi connectivity index (χ2v) is 8.18. The first-order valence-corrected chi connectivity index (χ1v) is 11.1. The van der Waals surface area contributed by atoms with Gasteiger partial charge in [0.2, 0.25) is 5.16 Å². The molecule has 7 heteroatoms. The van der Waals surface area contributed by atoms with Crippen LogP contribution in [0, 0.1) is 0 Å². The molecule has 4 aromatic rings. The van der Waals surface area contributed by atoms with Crippen molar-refractivity contribution in [1.29, 1.82) is 0 Å². The van der Waals surface area contributed by atoms with Crippen molar-refractivity contribution in [2.75, 3.05) is 5.43 Å². The van der Waals surface area contributed by atoms with Crippen LogP contribution in [0.25, 0.3) is 10.6 Å². The molecular formula is C25H21N5OS. The molecule has 0 aliphatic carbocycles. The molecular weight excluding hydrogens is 418 g/mol. The molecule has 0 saturated carbocycles. The summed E-state index contributed by atoms with van der Waals surface area (Å²) < 4.78 is 1.87. The van der Waals surface area contributed by atoms with E-state index in [9.17, 15) is 0 Å². The van der Waals surface area contributed by atoms with E-state index in [1.54, 1.807) is 11.8 Å². The van der Waals surface area contributed by atoms with Crippen LogP contribution < -0.4 is 5.43 Å². The normalized spacial score (nSPS) is 13.5. The van der Waals surface area contributed by atoms with Crippen molar-refractivity contribution < 1.29 is 4.84 Å². The number of hydrogen-bond donors (Lipinski definition) is 1. The van der Waals surface area contributed by atoms with E-state index in [4.69, 9.17) is 4.84 Å². The van der Waals surface area contributed by atoms with Gasteiger partial charge in [-0.05, 0) is 29.8 Å². The summed E-state index contributed by atoms with van der Waals surface area (Å²) in [5.74, 6) is 0.651. The van der Waals surface area contributed by atoms with Crippen LogP contribution in [0.5, 0.6) is 0 Å². The van der Waals surface area contributed by atoms with Crippen LogP contribution in [0.3, 0.4) is 0 Å². The molecule has 5 rings (SSSR count). The van der Waals surface area contributed by atoms with Crippen molar-refractivity contribution in [3.05, 3.63) is 114 Å². The van der Waals surface area contributed by atoms with Gasteiger partial charge in [0.25, 0.3) is 0 Å². The molecule has 0 fully saturated rings. The topological polar surface area (TPSA) is 64.3 Å². The van der Waals surface area contributed by atoms with Gasteiger partial charge in [-0.3, -0.25) is 5.43 Å². The smallest absolute Gasteiger partial charge is 0.215 e. The summed E-state index contributed by atoms with van der Waals surface area (Å²) in [7, 11) is 0. The van der Waals surface area contributed by atoms with Crippen molar-refractivity contribution in [2.24, 2.45) is 5.16 Å². The quantitative estimate of drug-likeness (QED) is 0.322. The highest BCUT2D eigenvalue weighted by Crippen LogP contribution is 2.41. The SMILES string of the molecule is C/C(=N\OCc1nnc2n1NC(c1ccccc1)=C(c1ccccc1)S2)c1ccccc1. The third-order valence-electron chi connectivity index (χ3n) is 5.03. The standard InChI is InChI=1S/C25H21N5OS/c1-18(19-11-5-2-6-12-19)29-31-17-22-26-27-25-30(22)28-23(20-13-7-3-8-14-20)24(32-25)21-15-9-4-10-16-21/h2-16,28H,17H2,1H3/b29-18+. The Morgan fingerprint density at radius 1 is 0.875 bits per heavy atom. The zero-order valence-electron chi connectivity index (χ0n) is 17.5. The molecule has 2 heterocycles. The Labute approximate surface area is 190 Å². The first-order valence-electron chi connectivity index (χ1n) is 10.3. The lowest BCUT2D eigenvalue weighted by Gasteiger charge is -2.24. The van der Waals surface area contributed by atoms with Crippen molar-refractivity contribution in [3.8, 4) is 0 Å². The summed E-state index contributed by atoms with van der Waals surface area (Å²) in [4.78, 5) is 6.71. The van der Waals surface area contributed by atoms with E-state index in [0.717, 1.165) is 38.2 Å². The molecule has 0 saturated heterocycles. The summed E-state index contributed by atoms with van der Waals surface area (Å²) in [6, 6.07) is 30.5. The zero-order valence-corrected chi connectivity index (χ0v) is 18.3. The summed E-state index contributed by atoms with van der Waals surface area (Å²) >= 11 is 1.59. The molecule has 0 radical (unpaired) electrons. The Morgan fingerprint density at radius 3 is 2.19 bits per heavy atom. The second kappa shape index (κ2) is 9.11. The highest BCUT2D eigenvalue weighted by molar-refractivity contribution is 8.08. The van der Waals surface area contributed by atoms with Crippen LogP contribution in [0.4, 0.5) is 0 Å². The van der Waals surface area contributed by atoms with Gasteiger partial charge in [0.15, 0.2) is 12.4 Å². The number of thioether (sulfide) groups is 1. The van der Waals surface area contributed by atoms with Crippen LogP contribution in [-0.2, 0) is 11.4 Å². The van der Waals surface area contributed by atoms with Crippen LogP contribution in [0.2, 0.25) is 0 Å². The van der Waals surface area contributed by atoms with Gasteiger partial charge in [-0.25, -0.2) is 4.68 Å². The number of oxime groups is 1. The van der Waals surface area contributed by atoms with Crippen molar-refractivity contribution in [3.63, 3.8) is 0 Å². The van der Waals surface area contributed by atoms with Crippen LogP contribution >= 0.6 is 11.8 Å². The number of rotatable bonds is 6. The Hall–Kier alpha value is -3.84. The third kappa shape index (κ3) is 4.15. The molecule has 32 heavy (non-hydrogen) atoms. The lowest BCUT2D eigenvalue weighted by molar-refractivity contribution is 0.122. The number of nitrogens with zero attached hydrogens (tertiary/aromatic N) is 4. The molecule has 1 aromatic heterocycles. The van der Waals surface area contributed by atoms with Gasteiger partial charge in [0, 0.05) is 10.5 Å². The van der Waals surface area contributed by atoms with Gasteiger partial charge >= 0.3 is 0 Å². The van der Waals surface area contributed by atoms with Crippen LogP contribution in [0.1, 0.15) is 29.4 Å². The average Bonchev–Trinajstić information content (AvgIpc) is 3.26. The Bertz CT molecular complexity index is 1270. The minimum absolute atomic E-state index is 0.202. The Morgan fingerprint density at radius 2 is 1.50 bits per heavy atom. The maximum Gasteiger partial charge on any atom is 0.215 e. The zero-order chi connectivity index (χ0) is 21.8. The van der Waals surface area contributed by atoms with E-state index in [-0.39, 0.29) is 6.61 Å². The number of benzene rings is 3. The van der Waals surface area contributed by atoms with E-state index in [1.807, 2.05) is 78.3 Å². The van der Waals surface area contributed by atoms with E-state index < -0.39 is 0 Å². The first-order chi connectivity index (χ1) is 15.8. The Balaban J connectivity index is 1.42. The second-order valence-electron chi connectivity index (χ2n) is 7.20. The molecule has 1 aliphatic heterocycles. The third-order valence-corrected chi connectivity index (χ3v) is 6.12. The lowest BCUT2D eigenvalue weighted by Crippen LogP contribution is -2.22. The van der Waals surface area contributed by atoms with Crippen molar-refractivity contribution >= 4 is 28.1 Å². The summed E-state index contributed by atoms with van der Waals surface area (Å²) in [5, 5.41) is 13.7. The van der Waals surface area contributed by atoms with Gasteiger partial charge in [-0.1, -0.05) is 96.2 Å².